The van der Waals surface area contributed by atoms with Gasteiger partial charge in [0.05, 0.1) is 12.1 Å². The summed E-state index contributed by atoms with van der Waals surface area (Å²) in [7, 11) is 0. The minimum Gasteiger partial charge on any atom is -0.318 e. The Bertz CT molecular complexity index is 936. The lowest BCUT2D eigenvalue weighted by atomic mass is 9.99. The van der Waals surface area contributed by atoms with Gasteiger partial charge in [0.1, 0.15) is 0 Å². The SMILES string of the molecule is Cc1ccccc1NC(=O)C(=O)Nc1cc2c3c(c1)CC(=O)N3CCC2. The van der Waals surface area contributed by atoms with Crippen LogP contribution in [0.25, 0.3) is 0 Å². The first-order valence-corrected chi connectivity index (χ1v) is 8.67. The molecule has 2 aliphatic heterocycles. The van der Waals surface area contributed by atoms with E-state index >= 15 is 0 Å². The summed E-state index contributed by atoms with van der Waals surface area (Å²) in [6.07, 6.45) is 2.12. The van der Waals surface area contributed by atoms with Crippen LogP contribution in [0.5, 0.6) is 0 Å². The van der Waals surface area contributed by atoms with Crippen molar-refractivity contribution < 1.29 is 14.4 Å². The highest BCUT2D eigenvalue weighted by Gasteiger charge is 2.32. The fraction of sp³-hybridized carbons (Fsp3) is 0.250. The molecule has 132 valence electrons. The van der Waals surface area contributed by atoms with E-state index in [1.807, 2.05) is 30.0 Å². The molecule has 0 radical (unpaired) electrons. The maximum absolute atomic E-state index is 12.3. The van der Waals surface area contributed by atoms with E-state index in [9.17, 15) is 14.4 Å². The first-order chi connectivity index (χ1) is 12.5. The third-order valence-electron chi connectivity index (χ3n) is 4.87. The normalized spacial score (nSPS) is 14.8. The van der Waals surface area contributed by atoms with E-state index in [-0.39, 0.29) is 5.91 Å². The van der Waals surface area contributed by atoms with Gasteiger partial charge >= 0.3 is 11.8 Å². The van der Waals surface area contributed by atoms with Crippen LogP contribution in [-0.4, -0.2) is 24.3 Å². The van der Waals surface area contributed by atoms with Gasteiger partial charge < -0.3 is 15.5 Å². The van der Waals surface area contributed by atoms with Crippen LogP contribution in [0, 0.1) is 6.92 Å². The van der Waals surface area contributed by atoms with Crippen LogP contribution in [0.4, 0.5) is 17.1 Å². The Labute approximate surface area is 151 Å². The number of nitrogens with zero attached hydrogens (tertiary/aromatic N) is 1. The molecule has 0 fully saturated rings. The molecule has 2 aromatic rings. The molecule has 0 spiro atoms. The van der Waals surface area contributed by atoms with Crippen LogP contribution in [-0.2, 0) is 27.2 Å². The maximum Gasteiger partial charge on any atom is 0.314 e. The van der Waals surface area contributed by atoms with Crippen LogP contribution >= 0.6 is 0 Å². The second-order valence-corrected chi connectivity index (χ2v) is 6.69. The molecule has 6 heteroatoms. The van der Waals surface area contributed by atoms with Crippen LogP contribution in [0.2, 0.25) is 0 Å². The van der Waals surface area contributed by atoms with Crippen molar-refractivity contribution in [2.45, 2.75) is 26.2 Å². The molecule has 0 atom stereocenters. The van der Waals surface area contributed by atoms with E-state index < -0.39 is 11.8 Å². The summed E-state index contributed by atoms with van der Waals surface area (Å²) in [6.45, 7) is 2.62. The summed E-state index contributed by atoms with van der Waals surface area (Å²) in [5.41, 5.74) is 5.01. The number of carbonyl (C=O) groups excluding carboxylic acids is 3. The quantitative estimate of drug-likeness (QED) is 0.817. The number of aryl methyl sites for hydroxylation is 2. The van der Waals surface area contributed by atoms with Gasteiger partial charge in [-0.3, -0.25) is 14.4 Å². The van der Waals surface area contributed by atoms with Crippen molar-refractivity contribution in [1.82, 2.24) is 0 Å². The minimum atomic E-state index is -0.725. The molecule has 2 N–H and O–H groups in total. The number of hydrogen-bond donors (Lipinski definition) is 2. The monoisotopic (exact) mass is 349 g/mol. The van der Waals surface area contributed by atoms with Gasteiger partial charge in [0.25, 0.3) is 0 Å². The van der Waals surface area contributed by atoms with E-state index in [0.717, 1.165) is 41.8 Å². The Morgan fingerprint density at radius 1 is 1.04 bits per heavy atom. The van der Waals surface area contributed by atoms with Crippen LogP contribution in [0.15, 0.2) is 36.4 Å². The topological polar surface area (TPSA) is 78.5 Å². The highest BCUT2D eigenvalue weighted by atomic mass is 16.2. The zero-order valence-corrected chi connectivity index (χ0v) is 14.5. The molecule has 4 rings (SSSR count). The Morgan fingerprint density at radius 2 is 1.77 bits per heavy atom. The van der Waals surface area contributed by atoms with Crippen LogP contribution in [0.3, 0.4) is 0 Å². The molecular weight excluding hydrogens is 330 g/mol. The fourth-order valence-corrected chi connectivity index (χ4v) is 3.63. The average molecular weight is 349 g/mol. The van der Waals surface area contributed by atoms with E-state index in [2.05, 4.69) is 10.6 Å². The summed E-state index contributed by atoms with van der Waals surface area (Å²) in [5, 5.41) is 5.28. The molecular formula is C20H19N3O3. The van der Waals surface area contributed by atoms with Gasteiger partial charge in [0.2, 0.25) is 5.91 Å². The van der Waals surface area contributed by atoms with Gasteiger partial charge in [0, 0.05) is 17.9 Å². The Balaban J connectivity index is 1.52. The number of amides is 3. The largest absolute Gasteiger partial charge is 0.318 e. The Morgan fingerprint density at radius 3 is 2.58 bits per heavy atom. The molecule has 0 aliphatic carbocycles. The molecule has 3 amide bonds. The molecule has 6 nitrogen and oxygen atoms in total. The molecule has 0 saturated carbocycles. The summed E-state index contributed by atoms with van der Waals surface area (Å²) >= 11 is 0. The van der Waals surface area contributed by atoms with Crippen molar-refractivity contribution in [3.8, 4) is 0 Å². The van der Waals surface area contributed by atoms with Gasteiger partial charge in [-0.05, 0) is 54.7 Å². The molecule has 0 unspecified atom stereocenters. The second kappa shape index (κ2) is 6.29. The zero-order valence-electron chi connectivity index (χ0n) is 14.5. The highest BCUT2D eigenvalue weighted by Crippen LogP contribution is 2.38. The van der Waals surface area contributed by atoms with Crippen molar-refractivity contribution in [2.24, 2.45) is 0 Å². The second-order valence-electron chi connectivity index (χ2n) is 6.69. The number of para-hydroxylation sites is 1. The molecule has 0 bridgehead atoms. The summed E-state index contributed by atoms with van der Waals surface area (Å²) in [6, 6.07) is 10.9. The van der Waals surface area contributed by atoms with E-state index in [0.29, 0.717) is 17.8 Å². The summed E-state index contributed by atoms with van der Waals surface area (Å²) < 4.78 is 0. The van der Waals surface area contributed by atoms with Gasteiger partial charge in [0.15, 0.2) is 0 Å². The van der Waals surface area contributed by atoms with Crippen molar-refractivity contribution >= 4 is 34.8 Å². The van der Waals surface area contributed by atoms with Crippen molar-refractivity contribution in [3.05, 3.63) is 53.1 Å². The molecule has 2 aliphatic rings. The molecule has 2 heterocycles. The highest BCUT2D eigenvalue weighted by molar-refractivity contribution is 6.43. The van der Waals surface area contributed by atoms with Gasteiger partial charge in [-0.15, -0.1) is 0 Å². The Kier molecular flexibility index (Phi) is 3.95. The fourth-order valence-electron chi connectivity index (χ4n) is 3.63. The maximum atomic E-state index is 12.3. The predicted octanol–water partition coefficient (Wildman–Crippen LogP) is 2.41. The molecule has 26 heavy (non-hydrogen) atoms. The van der Waals surface area contributed by atoms with Crippen LogP contribution < -0.4 is 15.5 Å². The molecule has 2 aromatic carbocycles. The lowest BCUT2D eigenvalue weighted by molar-refractivity contribution is -0.133. The van der Waals surface area contributed by atoms with Crippen molar-refractivity contribution in [3.63, 3.8) is 0 Å². The standard InChI is InChI=1S/C20H19N3O3/c1-12-5-2-3-7-16(12)22-20(26)19(25)21-15-9-13-6-4-8-23-17(24)11-14(10-15)18(13)23/h2-3,5,7,9-10H,4,6,8,11H2,1H3,(H,21,25)(H,22,26). The minimum absolute atomic E-state index is 0.0988. The summed E-state index contributed by atoms with van der Waals surface area (Å²) in [4.78, 5) is 38.4. The van der Waals surface area contributed by atoms with Crippen molar-refractivity contribution in [2.75, 3.05) is 22.1 Å². The molecule has 0 saturated heterocycles. The van der Waals surface area contributed by atoms with Crippen molar-refractivity contribution in [1.29, 1.82) is 0 Å². The first-order valence-electron chi connectivity index (χ1n) is 8.67. The van der Waals surface area contributed by atoms with Gasteiger partial charge in [-0.25, -0.2) is 0 Å². The number of nitrogens with one attached hydrogen (secondary N) is 2. The third kappa shape index (κ3) is 2.83. The number of rotatable bonds is 2. The van der Waals surface area contributed by atoms with E-state index in [1.54, 1.807) is 18.2 Å². The predicted molar refractivity (Wildman–Crippen MR) is 99.3 cm³/mol. The van der Waals surface area contributed by atoms with Crippen LogP contribution in [0.1, 0.15) is 23.1 Å². The van der Waals surface area contributed by atoms with E-state index in [4.69, 9.17) is 0 Å². The first kappa shape index (κ1) is 16.3. The molecule has 0 aromatic heterocycles. The number of benzene rings is 2. The lowest BCUT2D eigenvalue weighted by Crippen LogP contribution is -2.31. The van der Waals surface area contributed by atoms with Gasteiger partial charge in [-0.2, -0.15) is 0 Å². The zero-order chi connectivity index (χ0) is 18.3. The number of carbonyl (C=O) groups is 3. The third-order valence-corrected chi connectivity index (χ3v) is 4.87. The smallest absolute Gasteiger partial charge is 0.314 e. The number of anilines is 3. The summed E-state index contributed by atoms with van der Waals surface area (Å²) in [5.74, 6) is -1.34. The van der Waals surface area contributed by atoms with Gasteiger partial charge in [-0.1, -0.05) is 18.2 Å². The average Bonchev–Trinajstić information content (AvgIpc) is 2.94. The number of hydrogen-bond acceptors (Lipinski definition) is 3. The van der Waals surface area contributed by atoms with E-state index in [1.165, 1.54) is 0 Å². The lowest BCUT2D eigenvalue weighted by Gasteiger charge is -2.26. The Hall–Kier alpha value is -3.15.